The van der Waals surface area contributed by atoms with Crippen LogP contribution in [0, 0.1) is 0 Å². The van der Waals surface area contributed by atoms with Gasteiger partial charge >= 0.3 is 0 Å². The van der Waals surface area contributed by atoms with Gasteiger partial charge in [-0.15, -0.1) is 0 Å². The number of hydrogen-bond acceptors (Lipinski definition) is 2. The Labute approximate surface area is 116 Å². The number of hydrogen-bond donors (Lipinski definition) is 1. The van der Waals surface area contributed by atoms with Crippen molar-refractivity contribution < 1.29 is 4.79 Å². The number of carbonyl (C=O) groups excluding carboxylic acids is 1. The molecule has 0 aliphatic heterocycles. The summed E-state index contributed by atoms with van der Waals surface area (Å²) in [5, 5.41) is 2.92. The Balaban J connectivity index is 2.02. The molecule has 1 aliphatic rings. The van der Waals surface area contributed by atoms with E-state index in [1.54, 1.807) is 6.92 Å². The number of para-hydroxylation sites is 1. The second-order valence-corrected chi connectivity index (χ2v) is 5.55. The van der Waals surface area contributed by atoms with E-state index in [2.05, 4.69) is 23.3 Å². The summed E-state index contributed by atoms with van der Waals surface area (Å²) in [6.07, 6.45) is 6.69. The molecule has 0 atom stereocenters. The van der Waals surface area contributed by atoms with Crippen molar-refractivity contribution in [3.8, 4) is 0 Å². The van der Waals surface area contributed by atoms with Crippen LogP contribution in [0.4, 0.5) is 5.69 Å². The van der Waals surface area contributed by atoms with Crippen LogP contribution in [0.1, 0.15) is 44.6 Å². The van der Waals surface area contributed by atoms with Crippen molar-refractivity contribution in [1.82, 2.24) is 4.90 Å². The third kappa shape index (κ3) is 4.06. The van der Waals surface area contributed by atoms with E-state index in [0.29, 0.717) is 6.04 Å². The average Bonchev–Trinajstić information content (AvgIpc) is 2.41. The maximum absolute atomic E-state index is 11.2. The quantitative estimate of drug-likeness (QED) is 0.899. The van der Waals surface area contributed by atoms with Crippen LogP contribution in [0.25, 0.3) is 0 Å². The van der Waals surface area contributed by atoms with Crippen molar-refractivity contribution in [2.24, 2.45) is 0 Å². The zero-order chi connectivity index (χ0) is 13.7. The fraction of sp³-hybridized carbons (Fsp3) is 0.562. The van der Waals surface area contributed by atoms with Gasteiger partial charge in [0.05, 0.1) is 0 Å². The maximum atomic E-state index is 11.2. The van der Waals surface area contributed by atoms with E-state index in [9.17, 15) is 4.79 Å². The number of benzene rings is 1. The molecule has 3 nitrogen and oxygen atoms in total. The van der Waals surface area contributed by atoms with Crippen molar-refractivity contribution >= 4 is 11.6 Å². The number of nitrogens with one attached hydrogen (secondary N) is 1. The van der Waals surface area contributed by atoms with E-state index in [1.165, 1.54) is 37.7 Å². The van der Waals surface area contributed by atoms with Crippen LogP contribution in [0.5, 0.6) is 0 Å². The first-order chi connectivity index (χ1) is 9.16. The van der Waals surface area contributed by atoms with Gasteiger partial charge in [-0.1, -0.05) is 37.5 Å². The first-order valence-corrected chi connectivity index (χ1v) is 7.22. The Morgan fingerprint density at radius 2 is 1.95 bits per heavy atom. The zero-order valence-corrected chi connectivity index (χ0v) is 12.0. The van der Waals surface area contributed by atoms with E-state index < -0.39 is 0 Å². The van der Waals surface area contributed by atoms with Gasteiger partial charge in [0.15, 0.2) is 0 Å². The molecule has 0 saturated heterocycles. The van der Waals surface area contributed by atoms with E-state index in [-0.39, 0.29) is 5.91 Å². The minimum atomic E-state index is -0.00669. The fourth-order valence-corrected chi connectivity index (χ4v) is 2.89. The van der Waals surface area contributed by atoms with Gasteiger partial charge in [-0.05, 0) is 31.5 Å². The van der Waals surface area contributed by atoms with Gasteiger partial charge in [-0.3, -0.25) is 9.69 Å². The lowest BCUT2D eigenvalue weighted by Gasteiger charge is -2.31. The molecule has 1 N–H and O–H groups in total. The molecule has 1 aromatic carbocycles. The standard InChI is InChI=1S/C16H24N2O/c1-13(19)17-16-11-7-6-8-14(16)12-18(2)15-9-4-3-5-10-15/h6-8,11,15H,3-5,9-10,12H2,1-2H3,(H,17,19). The Hall–Kier alpha value is -1.35. The molecule has 2 rings (SSSR count). The van der Waals surface area contributed by atoms with E-state index >= 15 is 0 Å². The zero-order valence-electron chi connectivity index (χ0n) is 12.0. The van der Waals surface area contributed by atoms with Gasteiger partial charge < -0.3 is 5.32 Å². The van der Waals surface area contributed by atoms with Crippen molar-refractivity contribution in [1.29, 1.82) is 0 Å². The first kappa shape index (κ1) is 14.1. The first-order valence-electron chi connectivity index (χ1n) is 7.22. The lowest BCUT2D eigenvalue weighted by Crippen LogP contribution is -2.33. The van der Waals surface area contributed by atoms with Crippen LogP contribution in [-0.2, 0) is 11.3 Å². The predicted octanol–water partition coefficient (Wildman–Crippen LogP) is 3.41. The van der Waals surface area contributed by atoms with Crippen LogP contribution in [0.2, 0.25) is 0 Å². The average molecular weight is 260 g/mol. The lowest BCUT2D eigenvalue weighted by atomic mass is 9.94. The molecule has 0 radical (unpaired) electrons. The summed E-state index contributed by atoms with van der Waals surface area (Å²) in [6, 6.07) is 8.78. The highest BCUT2D eigenvalue weighted by Gasteiger charge is 2.18. The Kier molecular flexibility index (Phi) is 4.97. The third-order valence-electron chi connectivity index (χ3n) is 3.95. The van der Waals surface area contributed by atoms with E-state index in [4.69, 9.17) is 0 Å². The van der Waals surface area contributed by atoms with Crippen LogP contribution >= 0.6 is 0 Å². The third-order valence-corrected chi connectivity index (χ3v) is 3.95. The smallest absolute Gasteiger partial charge is 0.221 e. The van der Waals surface area contributed by atoms with Crippen LogP contribution < -0.4 is 5.32 Å². The van der Waals surface area contributed by atoms with E-state index in [1.807, 2.05) is 18.2 Å². The molecule has 104 valence electrons. The SMILES string of the molecule is CC(=O)Nc1ccccc1CN(C)C1CCCCC1. The molecule has 0 bridgehead atoms. The van der Waals surface area contributed by atoms with Gasteiger partial charge in [0.25, 0.3) is 0 Å². The summed E-state index contributed by atoms with van der Waals surface area (Å²) in [4.78, 5) is 13.7. The molecular weight excluding hydrogens is 236 g/mol. The molecule has 1 aromatic rings. The second-order valence-electron chi connectivity index (χ2n) is 5.55. The minimum Gasteiger partial charge on any atom is -0.326 e. The number of rotatable bonds is 4. The maximum Gasteiger partial charge on any atom is 0.221 e. The number of nitrogens with zero attached hydrogens (tertiary/aromatic N) is 1. The fourth-order valence-electron chi connectivity index (χ4n) is 2.89. The second kappa shape index (κ2) is 6.71. The molecule has 1 saturated carbocycles. The van der Waals surface area contributed by atoms with Crippen molar-refractivity contribution in [2.45, 2.75) is 51.6 Å². The van der Waals surface area contributed by atoms with Gasteiger partial charge in [0.1, 0.15) is 0 Å². The van der Waals surface area contributed by atoms with Crippen LogP contribution in [0.3, 0.4) is 0 Å². The molecule has 0 heterocycles. The Bertz CT molecular complexity index is 425. The predicted molar refractivity (Wildman–Crippen MR) is 79.1 cm³/mol. The summed E-state index contributed by atoms with van der Waals surface area (Å²) in [5.41, 5.74) is 2.14. The highest BCUT2D eigenvalue weighted by atomic mass is 16.1. The van der Waals surface area contributed by atoms with E-state index in [0.717, 1.165) is 12.2 Å². The monoisotopic (exact) mass is 260 g/mol. The van der Waals surface area contributed by atoms with Crippen LogP contribution in [0.15, 0.2) is 24.3 Å². The van der Waals surface area contributed by atoms with Gasteiger partial charge in [0.2, 0.25) is 5.91 Å². The molecule has 1 amide bonds. The molecule has 3 heteroatoms. The molecule has 1 aliphatic carbocycles. The molecule has 1 fully saturated rings. The van der Waals surface area contributed by atoms with Gasteiger partial charge in [0, 0.05) is 25.2 Å². The molecule has 19 heavy (non-hydrogen) atoms. The van der Waals surface area contributed by atoms with Crippen LogP contribution in [-0.4, -0.2) is 23.9 Å². The number of anilines is 1. The molecular formula is C16H24N2O. The van der Waals surface area contributed by atoms with Crippen molar-refractivity contribution in [2.75, 3.05) is 12.4 Å². The highest BCUT2D eigenvalue weighted by molar-refractivity contribution is 5.89. The Morgan fingerprint density at radius 1 is 1.26 bits per heavy atom. The molecule has 0 aromatic heterocycles. The molecule has 0 unspecified atom stereocenters. The van der Waals surface area contributed by atoms with Gasteiger partial charge in [-0.25, -0.2) is 0 Å². The largest absolute Gasteiger partial charge is 0.326 e. The summed E-state index contributed by atoms with van der Waals surface area (Å²) < 4.78 is 0. The topological polar surface area (TPSA) is 32.3 Å². The minimum absolute atomic E-state index is 0.00669. The Morgan fingerprint density at radius 3 is 2.63 bits per heavy atom. The summed E-state index contributed by atoms with van der Waals surface area (Å²) >= 11 is 0. The normalized spacial score (nSPS) is 16.6. The highest BCUT2D eigenvalue weighted by Crippen LogP contribution is 2.24. The summed E-state index contributed by atoms with van der Waals surface area (Å²) in [6.45, 7) is 2.46. The van der Waals surface area contributed by atoms with Gasteiger partial charge in [-0.2, -0.15) is 0 Å². The number of carbonyl (C=O) groups is 1. The summed E-state index contributed by atoms with van der Waals surface area (Å²) in [5.74, 6) is -0.00669. The molecule has 0 spiro atoms. The van der Waals surface area contributed by atoms with Crippen molar-refractivity contribution in [3.63, 3.8) is 0 Å². The number of amides is 1. The lowest BCUT2D eigenvalue weighted by molar-refractivity contribution is -0.114. The summed E-state index contributed by atoms with van der Waals surface area (Å²) in [7, 11) is 2.19. The van der Waals surface area contributed by atoms with Crippen molar-refractivity contribution in [3.05, 3.63) is 29.8 Å².